The van der Waals surface area contributed by atoms with Gasteiger partial charge in [0.15, 0.2) is 21.7 Å². The molecule has 0 spiro atoms. The molecule has 0 fully saturated rings. The Kier molecular flexibility index (Phi) is 7.16. The highest BCUT2D eigenvalue weighted by atomic mass is 32.1. The van der Waals surface area contributed by atoms with Crippen molar-refractivity contribution < 1.29 is 14.3 Å². The molecule has 0 saturated carbocycles. The largest absolute Gasteiger partial charge is 0.461 e. The standard InChI is InChI=1S/C23H21N5O3S2/c1-3-31-22(30)18-15(2)33-23(27-18)28(13-10-16-8-5-4-6-9-16)21(29)17-14-32-20(26-17)19-24-11-7-12-25-19/h4-9,11-12,14H,3,10,13H2,1-2H3. The molecule has 0 atom stereocenters. The van der Waals surface area contributed by atoms with Crippen molar-refractivity contribution in [1.29, 1.82) is 0 Å². The van der Waals surface area contributed by atoms with E-state index in [0.29, 0.717) is 33.8 Å². The van der Waals surface area contributed by atoms with Crippen molar-refractivity contribution in [3.05, 3.63) is 76.0 Å². The molecule has 168 valence electrons. The minimum Gasteiger partial charge on any atom is -0.461 e. The van der Waals surface area contributed by atoms with E-state index < -0.39 is 5.97 Å². The van der Waals surface area contributed by atoms with Gasteiger partial charge in [0.1, 0.15) is 5.69 Å². The van der Waals surface area contributed by atoms with Gasteiger partial charge >= 0.3 is 5.97 Å². The topological polar surface area (TPSA) is 98.2 Å². The fourth-order valence-corrected chi connectivity index (χ4v) is 4.74. The predicted octanol–water partition coefficient (Wildman–Crippen LogP) is 4.43. The van der Waals surface area contributed by atoms with Crippen LogP contribution in [0.3, 0.4) is 0 Å². The number of amides is 1. The maximum absolute atomic E-state index is 13.5. The second kappa shape index (κ2) is 10.4. The van der Waals surface area contributed by atoms with Crippen molar-refractivity contribution in [1.82, 2.24) is 19.9 Å². The molecule has 0 radical (unpaired) electrons. The molecule has 10 heteroatoms. The fourth-order valence-electron chi connectivity index (χ4n) is 3.08. The molecule has 3 aromatic heterocycles. The molecule has 0 aliphatic rings. The van der Waals surface area contributed by atoms with Gasteiger partial charge < -0.3 is 4.74 Å². The maximum Gasteiger partial charge on any atom is 0.358 e. The van der Waals surface area contributed by atoms with Gasteiger partial charge in [0.2, 0.25) is 0 Å². The Morgan fingerprint density at radius 1 is 1.06 bits per heavy atom. The summed E-state index contributed by atoms with van der Waals surface area (Å²) in [6.07, 6.45) is 3.89. The molecular formula is C23H21N5O3S2. The highest BCUT2D eigenvalue weighted by Crippen LogP contribution is 2.29. The molecule has 0 unspecified atom stereocenters. The van der Waals surface area contributed by atoms with E-state index >= 15 is 0 Å². The number of benzene rings is 1. The van der Waals surface area contributed by atoms with Crippen LogP contribution < -0.4 is 4.90 Å². The number of hydrogen-bond acceptors (Lipinski definition) is 9. The second-order valence-corrected chi connectivity index (χ2v) is 8.96. The molecule has 33 heavy (non-hydrogen) atoms. The number of esters is 1. The summed E-state index contributed by atoms with van der Waals surface area (Å²) in [6, 6.07) is 11.6. The third-order valence-corrected chi connectivity index (χ3v) is 6.51. The minimum atomic E-state index is -0.495. The summed E-state index contributed by atoms with van der Waals surface area (Å²) < 4.78 is 5.11. The lowest BCUT2D eigenvalue weighted by Crippen LogP contribution is -2.33. The quantitative estimate of drug-likeness (QED) is 0.345. The number of ether oxygens (including phenoxy) is 1. The van der Waals surface area contributed by atoms with Gasteiger partial charge in [-0.3, -0.25) is 9.69 Å². The first-order valence-electron chi connectivity index (χ1n) is 10.3. The molecule has 8 nitrogen and oxygen atoms in total. The van der Waals surface area contributed by atoms with Crippen LogP contribution in [-0.4, -0.2) is 45.0 Å². The van der Waals surface area contributed by atoms with Crippen LogP contribution in [0.5, 0.6) is 0 Å². The fraction of sp³-hybridized carbons (Fsp3) is 0.217. The van der Waals surface area contributed by atoms with E-state index in [1.165, 1.54) is 22.7 Å². The van der Waals surface area contributed by atoms with Crippen LogP contribution in [0.15, 0.2) is 54.2 Å². The Morgan fingerprint density at radius 3 is 2.55 bits per heavy atom. The molecule has 0 bridgehead atoms. The van der Waals surface area contributed by atoms with E-state index in [0.717, 1.165) is 5.56 Å². The van der Waals surface area contributed by atoms with Gasteiger partial charge in [0.25, 0.3) is 5.91 Å². The van der Waals surface area contributed by atoms with Gasteiger partial charge in [-0.15, -0.1) is 22.7 Å². The molecule has 0 saturated heterocycles. The van der Waals surface area contributed by atoms with E-state index in [-0.39, 0.29) is 23.9 Å². The van der Waals surface area contributed by atoms with Crippen LogP contribution in [0.1, 0.15) is 38.3 Å². The Balaban J connectivity index is 1.64. The van der Waals surface area contributed by atoms with Crippen molar-refractivity contribution in [2.45, 2.75) is 20.3 Å². The number of thiazole rings is 2. The molecule has 0 N–H and O–H groups in total. The average Bonchev–Trinajstić information content (AvgIpc) is 3.48. The van der Waals surface area contributed by atoms with Crippen LogP contribution in [0.4, 0.5) is 5.13 Å². The normalized spacial score (nSPS) is 10.7. The van der Waals surface area contributed by atoms with Gasteiger partial charge in [0.05, 0.1) is 6.61 Å². The third kappa shape index (κ3) is 5.29. The molecule has 4 aromatic rings. The summed E-state index contributed by atoms with van der Waals surface area (Å²) in [5, 5.41) is 2.68. The van der Waals surface area contributed by atoms with E-state index in [1.54, 1.807) is 42.6 Å². The van der Waals surface area contributed by atoms with E-state index in [1.807, 2.05) is 30.3 Å². The predicted molar refractivity (Wildman–Crippen MR) is 128 cm³/mol. The lowest BCUT2D eigenvalue weighted by Gasteiger charge is -2.19. The van der Waals surface area contributed by atoms with Crippen LogP contribution in [0.25, 0.3) is 10.8 Å². The molecule has 1 aromatic carbocycles. The lowest BCUT2D eigenvalue weighted by molar-refractivity contribution is 0.0519. The summed E-state index contributed by atoms with van der Waals surface area (Å²) in [6.45, 7) is 4.17. The molecular weight excluding hydrogens is 458 g/mol. The molecule has 1 amide bonds. The zero-order valence-electron chi connectivity index (χ0n) is 18.1. The number of carbonyl (C=O) groups excluding carboxylic acids is 2. The van der Waals surface area contributed by atoms with Crippen LogP contribution >= 0.6 is 22.7 Å². The van der Waals surface area contributed by atoms with Crippen LogP contribution in [0.2, 0.25) is 0 Å². The van der Waals surface area contributed by atoms with E-state index in [4.69, 9.17) is 4.74 Å². The first-order chi connectivity index (χ1) is 16.1. The van der Waals surface area contributed by atoms with E-state index in [9.17, 15) is 9.59 Å². The van der Waals surface area contributed by atoms with Gasteiger partial charge in [-0.1, -0.05) is 30.3 Å². The monoisotopic (exact) mass is 479 g/mol. The van der Waals surface area contributed by atoms with Crippen LogP contribution in [0, 0.1) is 6.92 Å². The summed E-state index contributed by atoms with van der Waals surface area (Å²) in [4.78, 5) is 45.4. The average molecular weight is 480 g/mol. The Hall–Kier alpha value is -3.50. The number of aromatic nitrogens is 4. The van der Waals surface area contributed by atoms with E-state index in [2.05, 4.69) is 19.9 Å². The van der Waals surface area contributed by atoms with Crippen molar-refractivity contribution in [2.75, 3.05) is 18.1 Å². The SMILES string of the molecule is CCOC(=O)c1nc(N(CCc2ccccc2)C(=O)c2csc(-c3ncccn3)n2)sc1C. The molecule has 3 heterocycles. The number of carbonyl (C=O) groups is 2. The summed E-state index contributed by atoms with van der Waals surface area (Å²) in [5.74, 6) is -0.328. The van der Waals surface area contributed by atoms with Crippen molar-refractivity contribution in [2.24, 2.45) is 0 Å². The Morgan fingerprint density at radius 2 is 1.82 bits per heavy atom. The number of rotatable bonds is 8. The van der Waals surface area contributed by atoms with Crippen molar-refractivity contribution in [3.8, 4) is 10.8 Å². The van der Waals surface area contributed by atoms with Crippen molar-refractivity contribution >= 4 is 39.7 Å². The first-order valence-corrected chi connectivity index (χ1v) is 12.0. The highest BCUT2D eigenvalue weighted by Gasteiger charge is 2.26. The van der Waals surface area contributed by atoms with Crippen LogP contribution in [-0.2, 0) is 11.2 Å². The number of aryl methyl sites for hydroxylation is 1. The number of hydrogen-bond donors (Lipinski definition) is 0. The highest BCUT2D eigenvalue weighted by molar-refractivity contribution is 7.16. The Labute approximate surface area is 199 Å². The Bertz CT molecular complexity index is 1240. The lowest BCUT2D eigenvalue weighted by atomic mass is 10.1. The molecule has 4 rings (SSSR count). The molecule has 0 aliphatic carbocycles. The third-order valence-electron chi connectivity index (χ3n) is 4.68. The number of nitrogens with zero attached hydrogens (tertiary/aromatic N) is 5. The van der Waals surface area contributed by atoms with Gasteiger partial charge in [0, 0.05) is 29.2 Å². The summed E-state index contributed by atoms with van der Waals surface area (Å²) in [5.41, 5.74) is 1.60. The summed E-state index contributed by atoms with van der Waals surface area (Å²) in [7, 11) is 0. The van der Waals surface area contributed by atoms with Gasteiger partial charge in [-0.2, -0.15) is 0 Å². The zero-order chi connectivity index (χ0) is 23.2. The minimum absolute atomic E-state index is 0.228. The zero-order valence-corrected chi connectivity index (χ0v) is 19.7. The van der Waals surface area contributed by atoms with Gasteiger partial charge in [-0.05, 0) is 31.9 Å². The molecule has 0 aliphatic heterocycles. The maximum atomic E-state index is 13.5. The summed E-state index contributed by atoms with van der Waals surface area (Å²) >= 11 is 2.59. The smallest absolute Gasteiger partial charge is 0.358 e. The van der Waals surface area contributed by atoms with Crippen molar-refractivity contribution in [3.63, 3.8) is 0 Å². The van der Waals surface area contributed by atoms with Gasteiger partial charge in [-0.25, -0.2) is 24.7 Å². The second-order valence-electron chi connectivity index (χ2n) is 6.92. The number of anilines is 1. The first kappa shape index (κ1) is 22.7.